The zero-order valence-electron chi connectivity index (χ0n) is 15.6. The molecule has 0 bridgehead atoms. The number of nitrogens with one attached hydrogen (secondary N) is 1. The molecule has 0 aliphatic rings. The van der Waals surface area contributed by atoms with Crippen molar-refractivity contribution in [3.8, 4) is 11.4 Å². The van der Waals surface area contributed by atoms with E-state index < -0.39 is 0 Å². The van der Waals surface area contributed by atoms with Crippen LogP contribution < -0.4 is 10.1 Å². The van der Waals surface area contributed by atoms with E-state index in [0.29, 0.717) is 23.2 Å². The van der Waals surface area contributed by atoms with Gasteiger partial charge in [-0.05, 0) is 41.6 Å². The number of thioether (sulfide) groups is 1. The van der Waals surface area contributed by atoms with Crippen LogP contribution in [0.4, 0.5) is 5.69 Å². The summed E-state index contributed by atoms with van der Waals surface area (Å²) in [7, 11) is 0. The quantitative estimate of drug-likeness (QED) is 0.470. The Balaban J connectivity index is 1.48. The fourth-order valence-electron chi connectivity index (χ4n) is 2.85. The number of carbonyl (C=O) groups excluding carboxylic acids is 1. The van der Waals surface area contributed by atoms with Crippen molar-refractivity contribution < 1.29 is 9.53 Å². The van der Waals surface area contributed by atoms with Crippen molar-refractivity contribution in [3.63, 3.8) is 0 Å². The first kappa shape index (κ1) is 18.9. The first-order chi connectivity index (χ1) is 14.3. The van der Waals surface area contributed by atoms with Crippen molar-refractivity contribution in [3.05, 3.63) is 60.8 Å². The van der Waals surface area contributed by atoms with Gasteiger partial charge in [-0.15, -0.1) is 5.10 Å². The number of pyridine rings is 1. The SMILES string of the molecule is CCOc1ccccc1-n1nnnc1SCC(=O)Nc1cccc2cccnc12. The van der Waals surface area contributed by atoms with Crippen LogP contribution in [0.5, 0.6) is 5.75 Å². The van der Waals surface area contributed by atoms with Gasteiger partial charge in [0.15, 0.2) is 0 Å². The largest absolute Gasteiger partial charge is 0.492 e. The third-order valence-electron chi connectivity index (χ3n) is 4.07. The van der Waals surface area contributed by atoms with Crippen molar-refractivity contribution in [2.45, 2.75) is 12.1 Å². The highest BCUT2D eigenvalue weighted by Gasteiger charge is 2.15. The predicted molar refractivity (Wildman–Crippen MR) is 111 cm³/mol. The molecule has 9 heteroatoms. The van der Waals surface area contributed by atoms with E-state index in [1.807, 2.05) is 61.5 Å². The van der Waals surface area contributed by atoms with Crippen LogP contribution in [0.2, 0.25) is 0 Å². The van der Waals surface area contributed by atoms with Gasteiger partial charge in [0.05, 0.1) is 23.6 Å². The minimum atomic E-state index is -0.166. The van der Waals surface area contributed by atoms with Gasteiger partial charge >= 0.3 is 0 Å². The molecule has 0 aliphatic carbocycles. The van der Waals surface area contributed by atoms with Gasteiger partial charge in [-0.1, -0.05) is 42.1 Å². The Morgan fingerprint density at radius 1 is 1.14 bits per heavy atom. The average Bonchev–Trinajstić information content (AvgIpc) is 3.22. The van der Waals surface area contributed by atoms with Gasteiger partial charge in [0.2, 0.25) is 11.1 Å². The number of carbonyl (C=O) groups is 1. The number of aromatic nitrogens is 5. The number of fused-ring (bicyclic) bond motifs is 1. The van der Waals surface area contributed by atoms with Crippen molar-refractivity contribution in [2.75, 3.05) is 17.7 Å². The van der Waals surface area contributed by atoms with E-state index in [2.05, 4.69) is 25.8 Å². The van der Waals surface area contributed by atoms with Crippen molar-refractivity contribution in [2.24, 2.45) is 0 Å². The highest BCUT2D eigenvalue weighted by atomic mass is 32.2. The number of rotatable bonds is 7. The fraction of sp³-hybridized carbons (Fsp3) is 0.150. The van der Waals surface area contributed by atoms with Gasteiger partial charge in [0, 0.05) is 11.6 Å². The van der Waals surface area contributed by atoms with Crippen LogP contribution in [-0.2, 0) is 4.79 Å². The van der Waals surface area contributed by atoms with Gasteiger partial charge in [-0.2, -0.15) is 4.68 Å². The number of para-hydroxylation sites is 3. The summed E-state index contributed by atoms with van der Waals surface area (Å²) in [5, 5.41) is 16.2. The van der Waals surface area contributed by atoms with Gasteiger partial charge in [-0.25, -0.2) is 0 Å². The molecule has 2 aromatic carbocycles. The Kier molecular flexibility index (Phi) is 5.66. The minimum absolute atomic E-state index is 0.153. The van der Waals surface area contributed by atoms with Gasteiger partial charge < -0.3 is 10.1 Å². The van der Waals surface area contributed by atoms with Crippen LogP contribution in [0.25, 0.3) is 16.6 Å². The summed E-state index contributed by atoms with van der Waals surface area (Å²) < 4.78 is 7.22. The molecule has 0 radical (unpaired) electrons. The van der Waals surface area contributed by atoms with Gasteiger partial charge in [0.25, 0.3) is 0 Å². The summed E-state index contributed by atoms with van der Waals surface area (Å²) in [6.45, 7) is 2.45. The number of hydrogen-bond donors (Lipinski definition) is 1. The minimum Gasteiger partial charge on any atom is -0.492 e. The number of tetrazole rings is 1. The number of nitrogens with zero attached hydrogens (tertiary/aromatic N) is 5. The molecule has 0 spiro atoms. The second-order valence-electron chi connectivity index (χ2n) is 5.99. The summed E-state index contributed by atoms with van der Waals surface area (Å²) in [4.78, 5) is 16.9. The maximum absolute atomic E-state index is 12.5. The third kappa shape index (κ3) is 4.19. The Hall–Kier alpha value is -3.46. The van der Waals surface area contributed by atoms with E-state index in [4.69, 9.17) is 4.74 Å². The Morgan fingerprint density at radius 3 is 2.90 bits per heavy atom. The molecule has 4 aromatic rings. The first-order valence-corrected chi connectivity index (χ1v) is 10.0. The monoisotopic (exact) mass is 406 g/mol. The molecule has 2 heterocycles. The van der Waals surface area contributed by atoms with E-state index in [1.54, 1.807) is 10.9 Å². The molecule has 1 N–H and O–H groups in total. The lowest BCUT2D eigenvalue weighted by molar-refractivity contribution is -0.113. The highest BCUT2D eigenvalue weighted by Crippen LogP contribution is 2.26. The topological polar surface area (TPSA) is 94.8 Å². The smallest absolute Gasteiger partial charge is 0.234 e. The maximum atomic E-state index is 12.5. The van der Waals surface area contributed by atoms with E-state index in [1.165, 1.54) is 11.8 Å². The second kappa shape index (κ2) is 8.70. The standard InChI is InChI=1S/C20H18N6O2S/c1-2-28-17-11-4-3-10-16(17)26-20(23-24-25-26)29-13-18(27)22-15-9-5-7-14-8-6-12-21-19(14)15/h3-12H,2,13H2,1H3,(H,22,27). The Morgan fingerprint density at radius 2 is 2.00 bits per heavy atom. The molecule has 0 unspecified atom stereocenters. The summed E-state index contributed by atoms with van der Waals surface area (Å²) in [6, 6.07) is 17.0. The number of hydrogen-bond acceptors (Lipinski definition) is 7. The van der Waals surface area contributed by atoms with Crippen LogP contribution >= 0.6 is 11.8 Å². The average molecular weight is 406 g/mol. The highest BCUT2D eigenvalue weighted by molar-refractivity contribution is 7.99. The van der Waals surface area contributed by atoms with E-state index in [9.17, 15) is 4.79 Å². The molecular weight excluding hydrogens is 388 g/mol. The molecule has 1 amide bonds. The molecule has 0 aliphatic heterocycles. The van der Waals surface area contributed by atoms with E-state index in [-0.39, 0.29) is 11.7 Å². The molecule has 146 valence electrons. The zero-order chi connectivity index (χ0) is 20.1. The number of anilines is 1. The number of benzene rings is 2. The van der Waals surface area contributed by atoms with Crippen molar-refractivity contribution >= 4 is 34.3 Å². The van der Waals surface area contributed by atoms with Crippen LogP contribution in [-0.4, -0.2) is 43.5 Å². The summed E-state index contributed by atoms with van der Waals surface area (Å²) >= 11 is 1.25. The second-order valence-corrected chi connectivity index (χ2v) is 6.93. The molecule has 29 heavy (non-hydrogen) atoms. The van der Waals surface area contributed by atoms with Crippen molar-refractivity contribution in [1.82, 2.24) is 25.2 Å². The van der Waals surface area contributed by atoms with Gasteiger partial charge in [0.1, 0.15) is 11.4 Å². The van der Waals surface area contributed by atoms with E-state index in [0.717, 1.165) is 16.6 Å². The lowest BCUT2D eigenvalue weighted by Gasteiger charge is -2.10. The summed E-state index contributed by atoms with van der Waals surface area (Å²) in [5.41, 5.74) is 2.15. The maximum Gasteiger partial charge on any atom is 0.234 e. The molecular formula is C20H18N6O2S. The molecule has 0 atom stereocenters. The van der Waals surface area contributed by atoms with Crippen LogP contribution in [0.15, 0.2) is 66.0 Å². The molecule has 0 saturated carbocycles. The normalized spacial score (nSPS) is 10.8. The predicted octanol–water partition coefficient (Wildman–Crippen LogP) is 3.34. The Labute approximate surface area is 171 Å². The molecule has 0 saturated heterocycles. The third-order valence-corrected chi connectivity index (χ3v) is 4.99. The number of ether oxygens (including phenoxy) is 1. The summed E-state index contributed by atoms with van der Waals surface area (Å²) in [6.07, 6.45) is 1.71. The fourth-order valence-corrected chi connectivity index (χ4v) is 3.54. The lowest BCUT2D eigenvalue weighted by atomic mass is 10.2. The number of amides is 1. The lowest BCUT2D eigenvalue weighted by Crippen LogP contribution is -2.15. The van der Waals surface area contributed by atoms with Crippen LogP contribution in [0.1, 0.15) is 6.92 Å². The summed E-state index contributed by atoms with van der Waals surface area (Å²) in [5.74, 6) is 0.664. The molecule has 0 fully saturated rings. The van der Waals surface area contributed by atoms with Crippen LogP contribution in [0.3, 0.4) is 0 Å². The molecule has 4 rings (SSSR count). The van der Waals surface area contributed by atoms with Crippen LogP contribution in [0, 0.1) is 0 Å². The van der Waals surface area contributed by atoms with Gasteiger partial charge in [-0.3, -0.25) is 9.78 Å². The Bertz CT molecular complexity index is 1140. The van der Waals surface area contributed by atoms with E-state index >= 15 is 0 Å². The van der Waals surface area contributed by atoms with Crippen molar-refractivity contribution in [1.29, 1.82) is 0 Å². The zero-order valence-corrected chi connectivity index (χ0v) is 16.5. The first-order valence-electron chi connectivity index (χ1n) is 9.03. The molecule has 8 nitrogen and oxygen atoms in total. The molecule has 2 aromatic heterocycles.